The molecule has 5 atom stereocenters. The Labute approximate surface area is 267 Å². The number of ether oxygens (including phenoxy) is 2. The van der Waals surface area contributed by atoms with Gasteiger partial charge in [0, 0.05) is 58.9 Å². The van der Waals surface area contributed by atoms with Gasteiger partial charge in [0.1, 0.15) is 11.4 Å². The monoisotopic (exact) mass is 643 g/mol. The fraction of sp³-hybridized carbons (Fsp3) is 0.676. The lowest BCUT2D eigenvalue weighted by molar-refractivity contribution is -0.134. The minimum Gasteiger partial charge on any atom is -0.379 e. The molecule has 3 heterocycles. The summed E-state index contributed by atoms with van der Waals surface area (Å²) in [5.74, 6) is 2.96. The number of epoxide rings is 1. The third kappa shape index (κ3) is 9.24. The number of ketones is 3. The second-order valence-electron chi connectivity index (χ2n) is 13.8. The minimum atomic E-state index is -2.37. The Morgan fingerprint density at radius 3 is 2.56 bits per heavy atom. The first-order valence-corrected chi connectivity index (χ1v) is 18.4. The van der Waals surface area contributed by atoms with E-state index in [1.165, 1.54) is 0 Å². The topological polar surface area (TPSA) is 134 Å². The average Bonchev–Trinajstić information content (AvgIpc) is 3.54. The molecule has 1 aromatic rings. The Bertz CT molecular complexity index is 1380. The highest BCUT2D eigenvalue weighted by atomic mass is 32.2. The van der Waals surface area contributed by atoms with E-state index in [1.807, 2.05) is 23.1 Å². The summed E-state index contributed by atoms with van der Waals surface area (Å²) in [6.45, 7) is 6.73. The van der Waals surface area contributed by atoms with Gasteiger partial charge in [0.15, 0.2) is 11.6 Å². The first-order chi connectivity index (χ1) is 21.4. The summed E-state index contributed by atoms with van der Waals surface area (Å²) in [6, 6.07) is 4.85. The van der Waals surface area contributed by atoms with Crippen LogP contribution < -0.4 is 10.0 Å². The van der Waals surface area contributed by atoms with Crippen molar-refractivity contribution >= 4 is 44.5 Å². The number of hydrogen-bond donors (Lipinski definition) is 2. The van der Waals surface area contributed by atoms with Gasteiger partial charge in [-0.15, -0.1) is 0 Å². The lowest BCUT2D eigenvalue weighted by Gasteiger charge is -2.27. The summed E-state index contributed by atoms with van der Waals surface area (Å²) in [4.78, 5) is 55.8. The molecule has 5 rings (SSSR count). The molecule has 3 fully saturated rings. The summed E-state index contributed by atoms with van der Waals surface area (Å²) >= 11 is 0. The van der Waals surface area contributed by atoms with Crippen LogP contribution in [-0.4, -0.2) is 95.1 Å². The highest BCUT2D eigenvalue weighted by molar-refractivity contribution is 8.01. The van der Waals surface area contributed by atoms with E-state index in [-0.39, 0.29) is 49.1 Å². The van der Waals surface area contributed by atoms with Gasteiger partial charge in [-0.25, -0.2) is 4.21 Å². The van der Waals surface area contributed by atoms with Crippen LogP contribution in [0.15, 0.2) is 18.2 Å². The smallest absolute Gasteiger partial charge is 0.223 e. The van der Waals surface area contributed by atoms with Crippen LogP contribution in [0, 0.1) is 17.8 Å². The van der Waals surface area contributed by atoms with Gasteiger partial charge in [-0.2, -0.15) is 0 Å². The van der Waals surface area contributed by atoms with Gasteiger partial charge in [-0.1, -0.05) is 44.7 Å². The van der Waals surface area contributed by atoms with Crippen molar-refractivity contribution < 1.29 is 32.9 Å². The molecule has 0 bridgehead atoms. The van der Waals surface area contributed by atoms with E-state index in [4.69, 9.17) is 9.47 Å². The molecular weight excluding hydrogens is 594 g/mol. The number of carbonyl (C=O) groups is 4. The molecular formula is C34H49N3O7S. The number of hydrogen-bond acceptors (Lipinski definition) is 8. The van der Waals surface area contributed by atoms with Crippen molar-refractivity contribution in [2.24, 2.45) is 17.8 Å². The third-order valence-corrected chi connectivity index (χ3v) is 11.3. The summed E-state index contributed by atoms with van der Waals surface area (Å²) in [5, 5.41) is 2.97. The van der Waals surface area contributed by atoms with E-state index < -0.39 is 33.2 Å². The molecule has 5 unspecified atom stereocenters. The zero-order valence-corrected chi connectivity index (χ0v) is 27.6. The van der Waals surface area contributed by atoms with Crippen molar-refractivity contribution in [2.75, 3.05) is 49.9 Å². The van der Waals surface area contributed by atoms with Gasteiger partial charge in [0.2, 0.25) is 5.91 Å². The largest absolute Gasteiger partial charge is 0.379 e. The Morgan fingerprint density at radius 1 is 1.16 bits per heavy atom. The van der Waals surface area contributed by atoms with Crippen molar-refractivity contribution in [1.82, 2.24) is 10.2 Å². The maximum Gasteiger partial charge on any atom is 0.223 e. The predicted molar refractivity (Wildman–Crippen MR) is 175 cm³/mol. The number of rotatable bonds is 15. The first-order valence-electron chi connectivity index (χ1n) is 16.5. The normalized spacial score (nSPS) is 27.1. The maximum atomic E-state index is 14.0. The molecule has 2 N–H and O–H groups in total. The summed E-state index contributed by atoms with van der Waals surface area (Å²) in [7, 11) is -2.37. The van der Waals surface area contributed by atoms with Crippen LogP contribution in [0.5, 0.6) is 0 Å². The van der Waals surface area contributed by atoms with E-state index in [2.05, 4.69) is 15.9 Å². The molecule has 11 heteroatoms. The molecule has 10 nitrogen and oxygen atoms in total. The van der Waals surface area contributed by atoms with Crippen molar-refractivity contribution in [2.45, 2.75) is 83.3 Å². The molecule has 1 aromatic carbocycles. The molecule has 4 aliphatic rings. The van der Waals surface area contributed by atoms with E-state index in [1.54, 1.807) is 13.8 Å². The SMILES string of the molecule is C=S1(=O)CCc2cc(CC(NC(=O)C(C)CC(=O)CN3CCOCC3)C(=O)CC(CC3CCCC3)C(=O)C3(C)CO3)ccc2N1. The number of fused-ring (bicyclic) bond motifs is 1. The number of nitrogens with zero attached hydrogens (tertiary/aromatic N) is 1. The van der Waals surface area contributed by atoms with Crippen LogP contribution >= 0.6 is 0 Å². The molecule has 1 saturated carbocycles. The van der Waals surface area contributed by atoms with Crippen LogP contribution in [0.2, 0.25) is 0 Å². The fourth-order valence-electron chi connectivity index (χ4n) is 6.91. The number of amides is 1. The van der Waals surface area contributed by atoms with Crippen LogP contribution in [-0.2, 0) is 51.2 Å². The fourth-order valence-corrected chi connectivity index (χ4v) is 8.16. The van der Waals surface area contributed by atoms with Gasteiger partial charge in [-0.05, 0) is 55.2 Å². The Hall–Kier alpha value is -2.60. The lowest BCUT2D eigenvalue weighted by Crippen LogP contribution is -2.46. The van der Waals surface area contributed by atoms with Gasteiger partial charge >= 0.3 is 0 Å². The summed E-state index contributed by atoms with van der Waals surface area (Å²) in [6.07, 6.45) is 6.05. The second kappa shape index (κ2) is 14.4. The van der Waals surface area contributed by atoms with Crippen LogP contribution in [0.3, 0.4) is 0 Å². The number of anilines is 1. The quantitative estimate of drug-likeness (QED) is 0.220. The highest BCUT2D eigenvalue weighted by Gasteiger charge is 2.50. The molecule has 3 aliphatic heterocycles. The first kappa shape index (κ1) is 33.8. The molecule has 248 valence electrons. The van der Waals surface area contributed by atoms with Crippen molar-refractivity contribution in [3.63, 3.8) is 0 Å². The summed E-state index contributed by atoms with van der Waals surface area (Å²) < 4.78 is 26.3. The maximum absolute atomic E-state index is 14.0. The predicted octanol–water partition coefficient (Wildman–Crippen LogP) is 2.75. The average molecular weight is 644 g/mol. The molecule has 45 heavy (non-hydrogen) atoms. The number of carbonyl (C=O) groups excluding carboxylic acids is 4. The number of nitrogens with one attached hydrogen (secondary N) is 2. The zero-order chi connectivity index (χ0) is 32.2. The Kier molecular flexibility index (Phi) is 10.8. The van der Waals surface area contributed by atoms with Crippen molar-refractivity contribution in [3.8, 4) is 0 Å². The Morgan fingerprint density at radius 2 is 1.87 bits per heavy atom. The van der Waals surface area contributed by atoms with Gasteiger partial charge in [-0.3, -0.25) is 24.1 Å². The molecule has 0 radical (unpaired) electrons. The van der Waals surface area contributed by atoms with E-state index in [0.29, 0.717) is 57.4 Å². The number of morpholine rings is 1. The highest BCUT2D eigenvalue weighted by Crippen LogP contribution is 2.37. The van der Waals surface area contributed by atoms with E-state index >= 15 is 0 Å². The number of benzene rings is 1. The van der Waals surface area contributed by atoms with Crippen molar-refractivity contribution in [3.05, 3.63) is 29.3 Å². The number of aryl methyl sites for hydroxylation is 1. The number of Topliss-reactive ketones (excluding diaryl/α,β-unsaturated/α-hetero) is 3. The van der Waals surface area contributed by atoms with Crippen LogP contribution in [0.1, 0.15) is 69.9 Å². The third-order valence-electron chi connectivity index (χ3n) is 9.81. The minimum absolute atomic E-state index is 0.0217. The molecule has 0 aromatic heterocycles. The van der Waals surface area contributed by atoms with E-state index in [9.17, 15) is 23.4 Å². The standard InChI is InChI=1S/C34H49N3O7S/c1-23(16-28(38)21-37-11-13-43-14-12-37)33(41)35-30(19-25-8-9-29-26(18-25)10-15-45(3,42)36-29)31(39)20-27(17-24-6-4-5-7-24)32(40)34(2)22-44-34/h8-9,18,23-24,27,30H,3-7,10-17,19-22H2,1-2H3,(H,35,41)(H,36,42). The molecule has 1 amide bonds. The molecule has 0 spiro atoms. The van der Waals surface area contributed by atoms with Gasteiger partial charge < -0.3 is 19.5 Å². The summed E-state index contributed by atoms with van der Waals surface area (Å²) in [5.41, 5.74) is 1.79. The molecule has 2 saturated heterocycles. The van der Waals surface area contributed by atoms with Crippen molar-refractivity contribution in [1.29, 1.82) is 0 Å². The van der Waals surface area contributed by atoms with E-state index in [0.717, 1.165) is 42.5 Å². The van der Waals surface area contributed by atoms with Crippen LogP contribution in [0.4, 0.5) is 5.69 Å². The second-order valence-corrected chi connectivity index (χ2v) is 16.0. The van der Waals surface area contributed by atoms with Crippen LogP contribution in [0.25, 0.3) is 0 Å². The zero-order valence-electron chi connectivity index (χ0n) is 26.8. The Balaban J connectivity index is 1.30. The van der Waals surface area contributed by atoms with Gasteiger partial charge in [0.25, 0.3) is 0 Å². The molecule has 1 aliphatic carbocycles. The lowest BCUT2D eigenvalue weighted by atomic mass is 9.81. The van der Waals surface area contributed by atoms with Gasteiger partial charge in [0.05, 0.1) is 32.4 Å².